The summed E-state index contributed by atoms with van der Waals surface area (Å²) in [4.78, 5) is 18.4. The number of carbonyl (C=O) groups is 1. The van der Waals surface area contributed by atoms with Gasteiger partial charge in [0.1, 0.15) is 5.82 Å². The Hall–Kier alpha value is -2.62. The largest absolute Gasteiger partial charge is 0.398 e. The van der Waals surface area contributed by atoms with E-state index in [2.05, 4.69) is 50.4 Å². The molecule has 1 aliphatic heterocycles. The monoisotopic (exact) mass is 387 g/mol. The number of aromatic nitrogens is 1. The predicted molar refractivity (Wildman–Crippen MR) is 117 cm³/mol. The van der Waals surface area contributed by atoms with Crippen LogP contribution in [0.15, 0.2) is 35.5 Å². The molecule has 2 aliphatic carbocycles. The first-order valence-electron chi connectivity index (χ1n) is 10.7. The number of nitrogens with zero attached hydrogens (tertiary/aromatic N) is 1. The lowest BCUT2D eigenvalue weighted by molar-refractivity contribution is -0.118. The van der Waals surface area contributed by atoms with Gasteiger partial charge in [-0.3, -0.25) is 4.79 Å². The van der Waals surface area contributed by atoms with Gasteiger partial charge in [0.25, 0.3) is 0 Å². The van der Waals surface area contributed by atoms with Gasteiger partial charge in [0.15, 0.2) is 5.78 Å². The van der Waals surface area contributed by atoms with Gasteiger partial charge in [-0.05, 0) is 55.6 Å². The van der Waals surface area contributed by atoms with Crippen LogP contribution in [0, 0.1) is 12.3 Å². The molecule has 0 spiro atoms. The highest BCUT2D eigenvalue weighted by Gasteiger charge is 2.42. The Bertz CT molecular complexity index is 1050. The van der Waals surface area contributed by atoms with E-state index in [4.69, 9.17) is 10.7 Å². The number of nitrogens with two attached hydrogens (primary N) is 1. The van der Waals surface area contributed by atoms with Crippen LogP contribution in [0.4, 0.5) is 11.5 Å². The molecule has 0 amide bonds. The zero-order valence-corrected chi connectivity index (χ0v) is 17.6. The molecule has 1 atom stereocenters. The van der Waals surface area contributed by atoms with Gasteiger partial charge in [-0.1, -0.05) is 43.7 Å². The molecule has 4 nitrogen and oxygen atoms in total. The molecule has 150 valence electrons. The van der Waals surface area contributed by atoms with Crippen molar-refractivity contribution >= 4 is 17.3 Å². The van der Waals surface area contributed by atoms with Crippen LogP contribution >= 0.6 is 0 Å². The Morgan fingerprint density at radius 2 is 1.83 bits per heavy atom. The third-order valence-electron chi connectivity index (χ3n) is 6.73. The number of Topliss-reactive ketones (excluding diaryl/α,β-unsaturated/α-hetero) is 1. The van der Waals surface area contributed by atoms with E-state index in [0.29, 0.717) is 6.42 Å². The van der Waals surface area contributed by atoms with Gasteiger partial charge in [0.05, 0.1) is 0 Å². The van der Waals surface area contributed by atoms with Crippen molar-refractivity contribution in [3.8, 4) is 0 Å². The lowest BCUT2D eigenvalue weighted by Crippen LogP contribution is -2.35. The second kappa shape index (κ2) is 6.45. The number of nitrogen functional groups attached to an aromatic ring is 1. The van der Waals surface area contributed by atoms with Gasteiger partial charge in [-0.25, -0.2) is 4.98 Å². The van der Waals surface area contributed by atoms with Crippen LogP contribution in [-0.4, -0.2) is 10.8 Å². The van der Waals surface area contributed by atoms with Crippen molar-refractivity contribution in [2.75, 3.05) is 11.1 Å². The highest BCUT2D eigenvalue weighted by Crippen LogP contribution is 2.51. The number of anilines is 2. The number of benzene rings is 1. The van der Waals surface area contributed by atoms with Crippen LogP contribution < -0.4 is 11.1 Å². The molecular weight excluding hydrogens is 358 g/mol. The summed E-state index contributed by atoms with van der Waals surface area (Å²) in [6.07, 6.45) is 5.72. The summed E-state index contributed by atoms with van der Waals surface area (Å²) < 4.78 is 0. The van der Waals surface area contributed by atoms with Gasteiger partial charge < -0.3 is 11.1 Å². The topological polar surface area (TPSA) is 68.0 Å². The first kappa shape index (κ1) is 18.4. The van der Waals surface area contributed by atoms with Crippen LogP contribution in [0.2, 0.25) is 0 Å². The van der Waals surface area contributed by atoms with Crippen molar-refractivity contribution in [2.45, 2.75) is 65.2 Å². The lowest BCUT2D eigenvalue weighted by Gasteiger charge is -2.40. The number of hydrogen-bond acceptors (Lipinski definition) is 4. The van der Waals surface area contributed by atoms with Crippen LogP contribution in [0.25, 0.3) is 0 Å². The maximum atomic E-state index is 13.3. The standard InChI is InChI=1S/C25H29N3O/c1-14-8-10-15(11-9-14)20-21-18(12-25(2,3)13-19(21)29)28-24-22(20)23(26)16-6-4-5-7-17(16)27-24/h8-11,20H,4-7,12-13H2,1-3H3,(H3,26,27,28). The molecule has 0 bridgehead atoms. The molecule has 1 aromatic heterocycles. The van der Waals surface area contributed by atoms with E-state index in [1.165, 1.54) is 17.5 Å². The van der Waals surface area contributed by atoms with Gasteiger partial charge in [0.2, 0.25) is 0 Å². The van der Waals surface area contributed by atoms with Crippen molar-refractivity contribution in [3.63, 3.8) is 0 Å². The maximum absolute atomic E-state index is 13.3. The van der Waals surface area contributed by atoms with Crippen molar-refractivity contribution < 1.29 is 4.79 Å². The van der Waals surface area contributed by atoms with Crippen molar-refractivity contribution in [1.29, 1.82) is 0 Å². The number of rotatable bonds is 1. The lowest BCUT2D eigenvalue weighted by atomic mass is 9.68. The highest BCUT2D eigenvalue weighted by atomic mass is 16.1. The first-order valence-corrected chi connectivity index (χ1v) is 10.7. The van der Waals surface area contributed by atoms with E-state index < -0.39 is 0 Å². The SMILES string of the molecule is Cc1ccc(C2C3=C(CC(C)(C)CC3=O)Nc3nc4c(c(N)c32)CCCC4)cc1. The number of aryl methyl sites for hydroxylation is 2. The molecule has 3 aliphatic rings. The van der Waals surface area contributed by atoms with E-state index in [1.54, 1.807) is 0 Å². The van der Waals surface area contributed by atoms with Crippen LogP contribution in [0.5, 0.6) is 0 Å². The average Bonchev–Trinajstić information content (AvgIpc) is 2.66. The summed E-state index contributed by atoms with van der Waals surface area (Å²) in [6, 6.07) is 8.53. The Kier molecular flexibility index (Phi) is 4.09. The number of pyridine rings is 1. The Labute approximate surface area is 172 Å². The minimum atomic E-state index is -0.134. The van der Waals surface area contributed by atoms with E-state index in [1.807, 2.05) is 0 Å². The molecule has 2 heterocycles. The Morgan fingerprint density at radius 1 is 1.10 bits per heavy atom. The normalized spacial score (nSPS) is 22.4. The minimum absolute atomic E-state index is 0.0437. The fourth-order valence-corrected chi connectivity index (χ4v) is 5.34. The van der Waals surface area contributed by atoms with E-state index in [-0.39, 0.29) is 17.1 Å². The average molecular weight is 388 g/mol. The summed E-state index contributed by atoms with van der Waals surface area (Å²) in [5.74, 6) is 0.959. The third kappa shape index (κ3) is 2.97. The Balaban J connectivity index is 1.76. The quantitative estimate of drug-likeness (QED) is 0.718. The summed E-state index contributed by atoms with van der Waals surface area (Å²) in [5.41, 5.74) is 15.2. The summed E-state index contributed by atoms with van der Waals surface area (Å²) >= 11 is 0. The number of nitrogens with one attached hydrogen (secondary N) is 1. The van der Waals surface area contributed by atoms with E-state index in [0.717, 1.165) is 65.3 Å². The number of allylic oxidation sites excluding steroid dienone is 2. The van der Waals surface area contributed by atoms with Gasteiger partial charge in [-0.15, -0.1) is 0 Å². The van der Waals surface area contributed by atoms with Crippen LogP contribution in [0.3, 0.4) is 0 Å². The molecule has 2 aromatic rings. The zero-order valence-electron chi connectivity index (χ0n) is 17.6. The minimum Gasteiger partial charge on any atom is -0.398 e. The van der Waals surface area contributed by atoms with Crippen LogP contribution in [0.1, 0.15) is 73.4 Å². The second-order valence-electron chi connectivity index (χ2n) is 9.72. The number of fused-ring (bicyclic) bond motifs is 2. The molecule has 3 N–H and O–H groups in total. The number of carbonyl (C=O) groups excluding carboxylic acids is 1. The second-order valence-corrected chi connectivity index (χ2v) is 9.72. The Morgan fingerprint density at radius 3 is 2.59 bits per heavy atom. The fraction of sp³-hybridized carbons (Fsp3) is 0.440. The zero-order chi connectivity index (χ0) is 20.3. The summed E-state index contributed by atoms with van der Waals surface area (Å²) in [6.45, 7) is 6.42. The fourth-order valence-electron chi connectivity index (χ4n) is 5.34. The number of ketones is 1. The molecule has 0 radical (unpaired) electrons. The molecule has 0 fully saturated rings. The van der Waals surface area contributed by atoms with Gasteiger partial charge >= 0.3 is 0 Å². The van der Waals surface area contributed by atoms with Crippen LogP contribution in [-0.2, 0) is 17.6 Å². The predicted octanol–water partition coefficient (Wildman–Crippen LogP) is 5.05. The van der Waals surface area contributed by atoms with E-state index in [9.17, 15) is 4.79 Å². The smallest absolute Gasteiger partial charge is 0.162 e. The molecule has 4 heteroatoms. The molecule has 1 aromatic carbocycles. The molecule has 29 heavy (non-hydrogen) atoms. The van der Waals surface area contributed by atoms with Crippen molar-refractivity contribution in [3.05, 3.63) is 63.5 Å². The first-order chi connectivity index (χ1) is 13.8. The van der Waals surface area contributed by atoms with Crippen molar-refractivity contribution in [2.24, 2.45) is 5.41 Å². The molecule has 0 saturated heterocycles. The van der Waals surface area contributed by atoms with Gasteiger partial charge in [-0.2, -0.15) is 0 Å². The summed E-state index contributed by atoms with van der Waals surface area (Å²) in [7, 11) is 0. The third-order valence-corrected chi connectivity index (χ3v) is 6.73. The molecule has 5 rings (SSSR count). The highest BCUT2D eigenvalue weighted by molar-refractivity contribution is 6.02. The molecule has 0 saturated carbocycles. The number of hydrogen-bond donors (Lipinski definition) is 2. The van der Waals surface area contributed by atoms with Gasteiger partial charge in [0, 0.05) is 40.6 Å². The molecular formula is C25H29N3O. The summed E-state index contributed by atoms with van der Waals surface area (Å²) in [5, 5.41) is 3.55. The van der Waals surface area contributed by atoms with Crippen molar-refractivity contribution in [1.82, 2.24) is 4.98 Å². The maximum Gasteiger partial charge on any atom is 0.162 e. The molecule has 1 unspecified atom stereocenters. The van der Waals surface area contributed by atoms with E-state index >= 15 is 0 Å².